The standard InChI is InChI=1S/C28H27BrFN3O3S/c29-22-7-13-25(14-8-22)37(35,36)33(24-11-12-24)19-28(34)32(18-20-5-9-23(30)10-6-20)16-15-21-17-31-27-4-2-1-3-26(21)27/h1-10,13-14,17,24,31H,11-12,15-16,18-19H2. The van der Waals surface area contributed by atoms with Crippen LogP contribution in [-0.2, 0) is 27.8 Å². The van der Waals surface area contributed by atoms with Gasteiger partial charge in [-0.3, -0.25) is 4.79 Å². The van der Waals surface area contributed by atoms with Gasteiger partial charge in [0.1, 0.15) is 5.82 Å². The van der Waals surface area contributed by atoms with Crippen molar-refractivity contribution in [2.75, 3.05) is 13.1 Å². The van der Waals surface area contributed by atoms with E-state index in [1.165, 1.54) is 16.4 Å². The van der Waals surface area contributed by atoms with Crippen LogP contribution < -0.4 is 0 Å². The first-order valence-electron chi connectivity index (χ1n) is 12.2. The van der Waals surface area contributed by atoms with Gasteiger partial charge in [0, 0.05) is 40.7 Å². The van der Waals surface area contributed by atoms with Gasteiger partial charge in [-0.2, -0.15) is 4.31 Å². The zero-order valence-corrected chi connectivity index (χ0v) is 22.5. The summed E-state index contributed by atoms with van der Waals surface area (Å²) in [6.45, 7) is 0.422. The largest absolute Gasteiger partial charge is 0.361 e. The van der Waals surface area contributed by atoms with Crippen molar-refractivity contribution in [1.82, 2.24) is 14.2 Å². The number of fused-ring (bicyclic) bond motifs is 1. The van der Waals surface area contributed by atoms with Crippen LogP contribution in [0.15, 0.2) is 88.4 Å². The summed E-state index contributed by atoms with van der Waals surface area (Å²) in [5, 5.41) is 1.09. The molecule has 0 aliphatic heterocycles. The van der Waals surface area contributed by atoms with E-state index in [9.17, 15) is 17.6 Å². The third kappa shape index (κ3) is 5.95. The second-order valence-electron chi connectivity index (χ2n) is 9.29. The zero-order chi connectivity index (χ0) is 26.0. The van der Waals surface area contributed by atoms with E-state index in [-0.39, 0.29) is 35.8 Å². The number of nitrogens with one attached hydrogen (secondary N) is 1. The summed E-state index contributed by atoms with van der Waals surface area (Å²) in [7, 11) is -3.84. The topological polar surface area (TPSA) is 73.5 Å². The van der Waals surface area contributed by atoms with Crippen LogP contribution in [0.1, 0.15) is 24.0 Å². The van der Waals surface area contributed by atoms with E-state index < -0.39 is 10.0 Å². The maximum absolute atomic E-state index is 13.6. The first-order valence-corrected chi connectivity index (χ1v) is 14.4. The molecule has 1 aliphatic rings. The molecule has 0 radical (unpaired) electrons. The van der Waals surface area contributed by atoms with Crippen LogP contribution in [0.5, 0.6) is 0 Å². The van der Waals surface area contributed by atoms with Crippen molar-refractivity contribution in [2.45, 2.75) is 36.7 Å². The number of amides is 1. The fourth-order valence-electron chi connectivity index (χ4n) is 4.44. The van der Waals surface area contributed by atoms with Crippen molar-refractivity contribution in [3.63, 3.8) is 0 Å². The monoisotopic (exact) mass is 583 g/mol. The van der Waals surface area contributed by atoms with E-state index in [1.807, 2.05) is 30.5 Å². The number of sulfonamides is 1. The van der Waals surface area contributed by atoms with Gasteiger partial charge in [-0.25, -0.2) is 12.8 Å². The average molecular weight is 585 g/mol. The molecule has 5 rings (SSSR count). The van der Waals surface area contributed by atoms with Gasteiger partial charge in [0.15, 0.2) is 0 Å². The lowest BCUT2D eigenvalue weighted by Gasteiger charge is -2.27. The maximum atomic E-state index is 13.6. The summed E-state index contributed by atoms with van der Waals surface area (Å²) in [6, 6.07) is 20.3. The van der Waals surface area contributed by atoms with E-state index in [0.29, 0.717) is 13.0 Å². The van der Waals surface area contributed by atoms with Crippen LogP contribution >= 0.6 is 15.9 Å². The minimum atomic E-state index is -3.84. The average Bonchev–Trinajstić information content (AvgIpc) is 3.65. The quantitative estimate of drug-likeness (QED) is 0.268. The van der Waals surface area contributed by atoms with Crippen molar-refractivity contribution in [3.8, 4) is 0 Å². The van der Waals surface area contributed by atoms with Crippen molar-refractivity contribution in [1.29, 1.82) is 0 Å². The Bertz CT molecular complexity index is 1500. The molecule has 6 nitrogen and oxygen atoms in total. The van der Waals surface area contributed by atoms with Crippen LogP contribution in [0.3, 0.4) is 0 Å². The Morgan fingerprint density at radius 2 is 1.70 bits per heavy atom. The predicted octanol–water partition coefficient (Wildman–Crippen LogP) is 5.49. The highest BCUT2D eigenvalue weighted by molar-refractivity contribution is 9.10. The van der Waals surface area contributed by atoms with E-state index in [4.69, 9.17) is 0 Å². The minimum absolute atomic E-state index is 0.166. The lowest BCUT2D eigenvalue weighted by atomic mass is 10.1. The number of rotatable bonds is 10. The van der Waals surface area contributed by atoms with Crippen LogP contribution in [-0.4, -0.2) is 47.6 Å². The Labute approximate surface area is 224 Å². The van der Waals surface area contributed by atoms with E-state index in [1.54, 1.807) is 41.3 Å². The molecule has 1 aliphatic carbocycles. The van der Waals surface area contributed by atoms with Gasteiger partial charge in [-0.05, 0) is 72.9 Å². The second-order valence-corrected chi connectivity index (χ2v) is 12.1. The number of carbonyl (C=O) groups excluding carboxylic acids is 1. The van der Waals surface area contributed by atoms with Gasteiger partial charge in [0.25, 0.3) is 0 Å². The smallest absolute Gasteiger partial charge is 0.243 e. The number of carbonyl (C=O) groups is 1. The number of halogens is 2. The predicted molar refractivity (Wildman–Crippen MR) is 145 cm³/mol. The number of benzene rings is 3. The molecule has 1 heterocycles. The molecule has 0 unspecified atom stereocenters. The molecule has 0 atom stereocenters. The Morgan fingerprint density at radius 1 is 1.00 bits per heavy atom. The molecule has 1 N–H and O–H groups in total. The summed E-state index contributed by atoms with van der Waals surface area (Å²) < 4.78 is 42.5. The van der Waals surface area contributed by atoms with E-state index in [2.05, 4.69) is 20.9 Å². The van der Waals surface area contributed by atoms with Crippen molar-refractivity contribution < 1.29 is 17.6 Å². The highest BCUT2D eigenvalue weighted by Gasteiger charge is 2.40. The number of H-pyrrole nitrogens is 1. The summed E-state index contributed by atoms with van der Waals surface area (Å²) >= 11 is 3.34. The van der Waals surface area contributed by atoms with Gasteiger partial charge in [-0.1, -0.05) is 46.3 Å². The second kappa shape index (κ2) is 10.8. The maximum Gasteiger partial charge on any atom is 0.243 e. The molecular formula is C28H27BrFN3O3S. The summed E-state index contributed by atoms with van der Waals surface area (Å²) in [4.78, 5) is 18.7. The first-order chi connectivity index (χ1) is 17.8. The molecule has 1 saturated carbocycles. The van der Waals surface area contributed by atoms with Gasteiger partial charge >= 0.3 is 0 Å². The molecule has 0 spiro atoms. The first kappa shape index (κ1) is 25.6. The van der Waals surface area contributed by atoms with Crippen LogP contribution in [0.2, 0.25) is 0 Å². The SMILES string of the molecule is O=C(CN(C1CC1)S(=O)(=O)c1ccc(Br)cc1)N(CCc1c[nH]c2ccccc12)Cc1ccc(F)cc1. The highest BCUT2D eigenvalue weighted by Crippen LogP contribution is 2.32. The van der Waals surface area contributed by atoms with Crippen molar-refractivity contribution in [2.24, 2.45) is 0 Å². The fraction of sp³-hybridized carbons (Fsp3) is 0.250. The fourth-order valence-corrected chi connectivity index (χ4v) is 6.34. The highest BCUT2D eigenvalue weighted by atomic mass is 79.9. The Balaban J connectivity index is 1.38. The van der Waals surface area contributed by atoms with Crippen LogP contribution in [0, 0.1) is 5.82 Å². The Hall–Kier alpha value is -3.01. The third-order valence-electron chi connectivity index (χ3n) is 6.63. The van der Waals surface area contributed by atoms with Gasteiger partial charge in [-0.15, -0.1) is 0 Å². The molecule has 1 amide bonds. The van der Waals surface area contributed by atoms with E-state index in [0.717, 1.165) is 39.3 Å². The Kier molecular flexibility index (Phi) is 7.46. The summed E-state index contributed by atoms with van der Waals surface area (Å²) in [5.74, 6) is -0.627. The summed E-state index contributed by atoms with van der Waals surface area (Å²) in [6.07, 6.45) is 4.01. The number of nitrogens with zero attached hydrogens (tertiary/aromatic N) is 2. The van der Waals surface area contributed by atoms with Crippen LogP contribution in [0.25, 0.3) is 10.9 Å². The number of hydrogen-bond acceptors (Lipinski definition) is 3. The lowest BCUT2D eigenvalue weighted by molar-refractivity contribution is -0.132. The Morgan fingerprint density at radius 3 is 2.41 bits per heavy atom. The molecule has 0 bridgehead atoms. The molecule has 3 aromatic carbocycles. The number of para-hydroxylation sites is 1. The third-order valence-corrected chi connectivity index (χ3v) is 9.07. The van der Waals surface area contributed by atoms with Crippen LogP contribution in [0.4, 0.5) is 4.39 Å². The van der Waals surface area contributed by atoms with Crippen molar-refractivity contribution >= 4 is 42.8 Å². The van der Waals surface area contributed by atoms with Gasteiger partial charge < -0.3 is 9.88 Å². The number of hydrogen-bond donors (Lipinski definition) is 1. The number of aromatic amines is 1. The molecular weight excluding hydrogens is 557 g/mol. The molecule has 4 aromatic rings. The lowest BCUT2D eigenvalue weighted by Crippen LogP contribution is -2.44. The zero-order valence-electron chi connectivity index (χ0n) is 20.1. The minimum Gasteiger partial charge on any atom is -0.361 e. The molecule has 37 heavy (non-hydrogen) atoms. The molecule has 9 heteroatoms. The van der Waals surface area contributed by atoms with Gasteiger partial charge in [0.2, 0.25) is 15.9 Å². The van der Waals surface area contributed by atoms with Crippen molar-refractivity contribution in [3.05, 3.63) is 100 Å². The molecule has 0 saturated heterocycles. The van der Waals surface area contributed by atoms with Gasteiger partial charge in [0.05, 0.1) is 11.4 Å². The molecule has 1 aromatic heterocycles. The molecule has 192 valence electrons. The molecule has 1 fully saturated rings. The number of aromatic nitrogens is 1. The van der Waals surface area contributed by atoms with E-state index >= 15 is 0 Å². The normalized spacial score (nSPS) is 13.8. The summed E-state index contributed by atoms with van der Waals surface area (Å²) in [5.41, 5.74) is 2.88.